The lowest BCUT2D eigenvalue weighted by Gasteiger charge is -2.22. The number of anilines is 1. The van der Waals surface area contributed by atoms with Gasteiger partial charge in [-0.05, 0) is 30.2 Å². The highest BCUT2D eigenvalue weighted by molar-refractivity contribution is 6.31. The Hall–Kier alpha value is -2.76. The predicted molar refractivity (Wildman–Crippen MR) is 117 cm³/mol. The van der Waals surface area contributed by atoms with Crippen LogP contribution in [0.25, 0.3) is 11.0 Å². The smallest absolute Gasteiger partial charge is 0.322 e. The molecule has 32 heavy (non-hydrogen) atoms. The van der Waals surface area contributed by atoms with Crippen LogP contribution in [0, 0.1) is 6.92 Å². The minimum atomic E-state index is -1.35. The van der Waals surface area contributed by atoms with Gasteiger partial charge in [-0.25, -0.2) is 14.8 Å². The first-order valence-electron chi connectivity index (χ1n) is 9.94. The average molecular weight is 462 g/mol. The second kappa shape index (κ2) is 8.64. The molecule has 3 heterocycles. The number of aryl methyl sites for hydroxylation is 1. The Kier molecular flexibility index (Phi) is 6.06. The first kappa shape index (κ1) is 22.4. The van der Waals surface area contributed by atoms with Crippen molar-refractivity contribution in [3.8, 4) is 0 Å². The summed E-state index contributed by atoms with van der Waals surface area (Å²) in [6.45, 7) is 1.81. The van der Waals surface area contributed by atoms with Crippen molar-refractivity contribution in [3.05, 3.63) is 52.9 Å². The molecule has 0 spiro atoms. The number of nitrogens with one attached hydrogen (secondary N) is 1. The van der Waals surface area contributed by atoms with Crippen LogP contribution >= 0.6 is 11.6 Å². The largest absolute Gasteiger partial charge is 0.387 e. The summed E-state index contributed by atoms with van der Waals surface area (Å²) in [4.78, 5) is 21.8. The quantitative estimate of drug-likeness (QED) is 0.466. The highest BCUT2D eigenvalue weighted by Gasteiger charge is 2.47. The summed E-state index contributed by atoms with van der Waals surface area (Å²) in [5.41, 5.74) is 1.67. The standard InChI is InChI=1S/C21H24ClN5O5/c1-10-8-11(4-5-13(10)22)14(28)17-15(29)16(30)20(32-17)27-7-6-12-18(23-9-24-19(12)27)25-21(31)26(2)3/h4-9,14-17,20,28-30H,1-3H3,(H,23,24,25,31)/t14?,15-,16+,17+,20+/m0/s1. The number of amides is 2. The van der Waals surface area contributed by atoms with Gasteiger partial charge in [0, 0.05) is 25.3 Å². The van der Waals surface area contributed by atoms with Gasteiger partial charge in [-0.3, -0.25) is 5.32 Å². The van der Waals surface area contributed by atoms with Crippen LogP contribution in [0.2, 0.25) is 5.02 Å². The van der Waals surface area contributed by atoms with E-state index >= 15 is 0 Å². The van der Waals surface area contributed by atoms with Crippen LogP contribution in [0.5, 0.6) is 0 Å². The number of fused-ring (bicyclic) bond motifs is 1. The third-order valence-corrected chi connectivity index (χ3v) is 5.95. The Morgan fingerprint density at radius 2 is 2.00 bits per heavy atom. The van der Waals surface area contributed by atoms with E-state index in [2.05, 4.69) is 15.3 Å². The summed E-state index contributed by atoms with van der Waals surface area (Å²) >= 11 is 6.06. The third kappa shape index (κ3) is 3.91. The molecule has 10 nitrogen and oxygen atoms in total. The second-order valence-corrected chi connectivity index (χ2v) is 8.34. The molecule has 2 amide bonds. The van der Waals surface area contributed by atoms with Crippen LogP contribution in [0.4, 0.5) is 10.6 Å². The third-order valence-electron chi connectivity index (χ3n) is 5.52. The Morgan fingerprint density at radius 3 is 2.69 bits per heavy atom. The van der Waals surface area contributed by atoms with E-state index in [1.807, 2.05) is 0 Å². The maximum absolute atomic E-state index is 12.0. The predicted octanol–water partition coefficient (Wildman–Crippen LogP) is 1.84. The van der Waals surface area contributed by atoms with Crippen molar-refractivity contribution in [1.29, 1.82) is 0 Å². The number of rotatable bonds is 4. The minimum Gasteiger partial charge on any atom is -0.387 e. The molecule has 1 fully saturated rings. The van der Waals surface area contributed by atoms with Gasteiger partial charge < -0.3 is 29.5 Å². The number of aliphatic hydroxyl groups excluding tert-OH is 3. The molecule has 1 aliphatic rings. The average Bonchev–Trinajstić information content (AvgIpc) is 3.31. The zero-order chi connectivity index (χ0) is 23.2. The number of hydrogen-bond acceptors (Lipinski definition) is 7. The van der Waals surface area contributed by atoms with Gasteiger partial charge in [-0.2, -0.15) is 0 Å². The zero-order valence-corrected chi connectivity index (χ0v) is 18.4. The van der Waals surface area contributed by atoms with E-state index in [0.29, 0.717) is 27.4 Å². The molecule has 1 aromatic carbocycles. The molecule has 4 rings (SSSR count). The van der Waals surface area contributed by atoms with Crippen molar-refractivity contribution >= 4 is 34.5 Å². The Balaban J connectivity index is 1.63. The van der Waals surface area contributed by atoms with E-state index in [1.165, 1.54) is 15.8 Å². The van der Waals surface area contributed by atoms with Gasteiger partial charge in [0.2, 0.25) is 0 Å². The summed E-state index contributed by atoms with van der Waals surface area (Å²) in [6.07, 6.45) is -3.05. The molecule has 0 radical (unpaired) electrons. The molecular weight excluding hydrogens is 438 g/mol. The summed E-state index contributed by atoms with van der Waals surface area (Å²) in [6, 6.07) is 6.33. The highest BCUT2D eigenvalue weighted by atomic mass is 35.5. The van der Waals surface area contributed by atoms with Gasteiger partial charge in [0.1, 0.15) is 42.2 Å². The number of halogens is 1. The number of urea groups is 1. The summed E-state index contributed by atoms with van der Waals surface area (Å²) in [7, 11) is 3.22. The van der Waals surface area contributed by atoms with Crippen molar-refractivity contribution in [2.24, 2.45) is 0 Å². The van der Waals surface area contributed by atoms with Crippen molar-refractivity contribution < 1.29 is 24.9 Å². The lowest BCUT2D eigenvalue weighted by molar-refractivity contribution is -0.0848. The molecule has 1 unspecified atom stereocenters. The molecule has 0 aliphatic carbocycles. The van der Waals surface area contributed by atoms with Crippen LogP contribution < -0.4 is 5.32 Å². The zero-order valence-electron chi connectivity index (χ0n) is 17.7. The topological polar surface area (TPSA) is 133 Å². The van der Waals surface area contributed by atoms with Gasteiger partial charge in [-0.15, -0.1) is 0 Å². The molecule has 1 aliphatic heterocycles. The Morgan fingerprint density at radius 1 is 1.25 bits per heavy atom. The molecular formula is C21H24ClN5O5. The molecule has 2 aromatic heterocycles. The van der Waals surface area contributed by atoms with Crippen LogP contribution in [0.3, 0.4) is 0 Å². The lowest BCUT2D eigenvalue weighted by Crippen LogP contribution is -2.34. The SMILES string of the molecule is Cc1cc(C(O)[C@H]2O[C@@H](n3ccc4c(NC(=O)N(C)C)ncnc43)[C@H](O)[C@@H]2O)ccc1Cl. The summed E-state index contributed by atoms with van der Waals surface area (Å²) < 4.78 is 7.45. The van der Waals surface area contributed by atoms with Gasteiger partial charge in [-0.1, -0.05) is 23.7 Å². The second-order valence-electron chi connectivity index (χ2n) is 7.93. The summed E-state index contributed by atoms with van der Waals surface area (Å²) in [5.74, 6) is 0.300. The number of aromatic nitrogens is 3. The molecule has 11 heteroatoms. The van der Waals surface area contributed by atoms with Gasteiger partial charge in [0.25, 0.3) is 0 Å². The number of hydrogen-bond donors (Lipinski definition) is 4. The van der Waals surface area contributed by atoms with Gasteiger partial charge in [0.05, 0.1) is 5.39 Å². The van der Waals surface area contributed by atoms with E-state index in [-0.39, 0.29) is 6.03 Å². The van der Waals surface area contributed by atoms with Crippen LogP contribution in [-0.4, -0.2) is 73.2 Å². The number of benzene rings is 1. The summed E-state index contributed by atoms with van der Waals surface area (Å²) in [5, 5.41) is 35.9. The molecule has 0 bridgehead atoms. The Labute approximate surface area is 189 Å². The van der Waals surface area contributed by atoms with E-state index in [0.717, 1.165) is 5.56 Å². The minimum absolute atomic E-state index is 0.300. The normalized spacial score (nSPS) is 24.0. The monoisotopic (exact) mass is 461 g/mol. The maximum Gasteiger partial charge on any atom is 0.322 e. The number of aliphatic hydroxyl groups is 3. The fraction of sp³-hybridized carbons (Fsp3) is 0.381. The number of ether oxygens (including phenoxy) is 1. The highest BCUT2D eigenvalue weighted by Crippen LogP contribution is 2.38. The molecule has 4 N–H and O–H groups in total. The first-order chi connectivity index (χ1) is 15.2. The van der Waals surface area contributed by atoms with Crippen molar-refractivity contribution in [1.82, 2.24) is 19.4 Å². The van der Waals surface area contributed by atoms with Crippen LogP contribution in [0.1, 0.15) is 23.5 Å². The van der Waals surface area contributed by atoms with E-state index < -0.39 is 30.6 Å². The van der Waals surface area contributed by atoms with E-state index in [9.17, 15) is 20.1 Å². The maximum atomic E-state index is 12.0. The lowest BCUT2D eigenvalue weighted by atomic mass is 9.98. The number of carbonyl (C=O) groups is 1. The molecule has 0 saturated carbocycles. The Bertz CT molecular complexity index is 1150. The van der Waals surface area contributed by atoms with Crippen molar-refractivity contribution in [2.45, 2.75) is 37.6 Å². The van der Waals surface area contributed by atoms with Gasteiger partial charge >= 0.3 is 6.03 Å². The molecule has 1 saturated heterocycles. The van der Waals surface area contributed by atoms with E-state index in [4.69, 9.17) is 16.3 Å². The number of nitrogens with zero attached hydrogens (tertiary/aromatic N) is 4. The van der Waals surface area contributed by atoms with E-state index in [1.54, 1.807) is 51.5 Å². The fourth-order valence-corrected chi connectivity index (χ4v) is 3.82. The van der Waals surface area contributed by atoms with Crippen molar-refractivity contribution in [2.75, 3.05) is 19.4 Å². The van der Waals surface area contributed by atoms with Crippen molar-refractivity contribution in [3.63, 3.8) is 0 Å². The molecule has 5 atom stereocenters. The van der Waals surface area contributed by atoms with Gasteiger partial charge in [0.15, 0.2) is 6.23 Å². The van der Waals surface area contributed by atoms with Crippen LogP contribution in [0.15, 0.2) is 36.8 Å². The molecule has 170 valence electrons. The number of carbonyl (C=O) groups excluding carboxylic acids is 1. The molecule has 3 aromatic rings. The first-order valence-corrected chi connectivity index (χ1v) is 10.3. The van der Waals surface area contributed by atoms with Crippen LogP contribution in [-0.2, 0) is 4.74 Å². The fourth-order valence-electron chi connectivity index (χ4n) is 3.71.